The molecule has 1 aliphatic rings. The van der Waals surface area contributed by atoms with E-state index in [1.165, 1.54) is 0 Å². The van der Waals surface area contributed by atoms with E-state index in [0.29, 0.717) is 41.7 Å². The Balaban J connectivity index is 1.59. The van der Waals surface area contributed by atoms with E-state index in [9.17, 15) is 9.59 Å². The standard InChI is InChI=1S/C27H33NO5/c1-5-8-19-25(29)22-15-18(27(30)31-14-13-28(6-2)7-3)10-12-24(22)33-26(19)21-16-20(21)23-11-9-17(4)32-23/h9-12,15,20-21H,5-8,13-14,16H2,1-4H3. The molecule has 6 heteroatoms. The van der Waals surface area contributed by atoms with E-state index in [1.54, 1.807) is 18.2 Å². The van der Waals surface area contributed by atoms with Gasteiger partial charge in [0, 0.05) is 23.9 Å². The highest BCUT2D eigenvalue weighted by Crippen LogP contribution is 2.55. The van der Waals surface area contributed by atoms with Crippen molar-refractivity contribution in [2.45, 2.75) is 58.8 Å². The maximum atomic E-state index is 13.4. The summed E-state index contributed by atoms with van der Waals surface area (Å²) >= 11 is 0. The smallest absolute Gasteiger partial charge is 0.338 e. The third kappa shape index (κ3) is 4.91. The maximum absolute atomic E-state index is 13.4. The number of carbonyl (C=O) groups is 1. The van der Waals surface area contributed by atoms with Crippen LogP contribution in [0.3, 0.4) is 0 Å². The number of ether oxygens (including phenoxy) is 1. The van der Waals surface area contributed by atoms with Gasteiger partial charge in [-0.3, -0.25) is 4.79 Å². The Kier molecular flexibility index (Phi) is 7.03. The second-order valence-electron chi connectivity index (χ2n) is 8.79. The first-order chi connectivity index (χ1) is 16.0. The number of hydrogen-bond acceptors (Lipinski definition) is 6. The third-order valence-electron chi connectivity index (χ3n) is 6.54. The summed E-state index contributed by atoms with van der Waals surface area (Å²) in [6, 6.07) is 8.98. The highest BCUT2D eigenvalue weighted by atomic mass is 16.5. The number of nitrogens with zero attached hydrogens (tertiary/aromatic N) is 1. The lowest BCUT2D eigenvalue weighted by Gasteiger charge is -2.17. The van der Waals surface area contributed by atoms with Crippen LogP contribution in [0.2, 0.25) is 0 Å². The van der Waals surface area contributed by atoms with Crippen LogP contribution in [0.1, 0.15) is 78.7 Å². The average molecular weight is 452 g/mol. The minimum Gasteiger partial charge on any atom is -0.466 e. The molecule has 0 radical (unpaired) electrons. The monoisotopic (exact) mass is 451 g/mol. The maximum Gasteiger partial charge on any atom is 0.338 e. The normalized spacial score (nSPS) is 17.6. The molecule has 0 bridgehead atoms. The van der Waals surface area contributed by atoms with Gasteiger partial charge in [0.05, 0.1) is 10.9 Å². The van der Waals surface area contributed by atoms with Crippen molar-refractivity contribution in [3.8, 4) is 0 Å². The first-order valence-corrected chi connectivity index (χ1v) is 12.0. The van der Waals surface area contributed by atoms with Gasteiger partial charge < -0.3 is 18.5 Å². The van der Waals surface area contributed by atoms with Crippen LogP contribution in [0, 0.1) is 6.92 Å². The molecule has 2 unspecified atom stereocenters. The molecular formula is C27H33NO5. The Hall–Kier alpha value is -2.86. The van der Waals surface area contributed by atoms with Gasteiger partial charge in [-0.1, -0.05) is 27.2 Å². The van der Waals surface area contributed by atoms with E-state index in [1.807, 2.05) is 19.1 Å². The zero-order valence-electron chi connectivity index (χ0n) is 20.0. The van der Waals surface area contributed by atoms with Crippen LogP contribution in [-0.4, -0.2) is 37.1 Å². The lowest BCUT2D eigenvalue weighted by molar-refractivity contribution is 0.0466. The molecule has 176 valence electrons. The van der Waals surface area contributed by atoms with Crippen LogP contribution in [0.25, 0.3) is 11.0 Å². The molecule has 3 aromatic rings. The van der Waals surface area contributed by atoms with Crippen molar-refractivity contribution in [2.24, 2.45) is 0 Å². The number of furan rings is 1. The summed E-state index contributed by atoms with van der Waals surface area (Å²) in [6.45, 7) is 11.0. The lowest BCUT2D eigenvalue weighted by Crippen LogP contribution is -2.27. The number of carbonyl (C=O) groups excluding carboxylic acids is 1. The number of likely N-dealkylation sites (N-methyl/N-ethyl adjacent to an activating group) is 1. The molecule has 1 saturated carbocycles. The molecular weight excluding hydrogens is 418 g/mol. The predicted octanol–water partition coefficient (Wildman–Crippen LogP) is 5.42. The summed E-state index contributed by atoms with van der Waals surface area (Å²) in [6.07, 6.45) is 2.40. The van der Waals surface area contributed by atoms with Crippen molar-refractivity contribution in [3.05, 3.63) is 69.0 Å². The fourth-order valence-corrected chi connectivity index (χ4v) is 4.51. The molecule has 0 amide bonds. The number of fused-ring (bicyclic) bond motifs is 1. The molecule has 0 spiro atoms. The second kappa shape index (κ2) is 9.96. The van der Waals surface area contributed by atoms with Gasteiger partial charge in [-0.25, -0.2) is 4.79 Å². The lowest BCUT2D eigenvalue weighted by atomic mass is 10.0. The quantitative estimate of drug-likeness (QED) is 0.384. The Labute approximate surface area is 194 Å². The summed E-state index contributed by atoms with van der Waals surface area (Å²) in [5.41, 5.74) is 1.55. The van der Waals surface area contributed by atoms with Crippen molar-refractivity contribution in [1.82, 2.24) is 4.90 Å². The van der Waals surface area contributed by atoms with E-state index < -0.39 is 5.97 Å². The van der Waals surface area contributed by atoms with Gasteiger partial charge in [0.2, 0.25) is 0 Å². The molecule has 1 aromatic carbocycles. The third-order valence-corrected chi connectivity index (χ3v) is 6.54. The molecule has 0 saturated heterocycles. The molecule has 0 aliphatic heterocycles. The van der Waals surface area contributed by atoms with Crippen LogP contribution >= 0.6 is 0 Å². The van der Waals surface area contributed by atoms with Crippen LogP contribution in [0.15, 0.2) is 44.0 Å². The predicted molar refractivity (Wildman–Crippen MR) is 128 cm³/mol. The minimum atomic E-state index is -0.417. The molecule has 6 nitrogen and oxygen atoms in total. The fourth-order valence-electron chi connectivity index (χ4n) is 4.51. The van der Waals surface area contributed by atoms with Gasteiger partial charge in [-0.2, -0.15) is 0 Å². The number of esters is 1. The molecule has 2 heterocycles. The van der Waals surface area contributed by atoms with Crippen LogP contribution < -0.4 is 5.43 Å². The van der Waals surface area contributed by atoms with Crippen LogP contribution in [-0.2, 0) is 11.2 Å². The number of benzene rings is 1. The molecule has 0 N–H and O–H groups in total. The van der Waals surface area contributed by atoms with Crippen LogP contribution in [0.4, 0.5) is 0 Å². The van der Waals surface area contributed by atoms with Gasteiger partial charge >= 0.3 is 5.97 Å². The molecule has 2 aromatic heterocycles. The van der Waals surface area contributed by atoms with E-state index in [0.717, 1.165) is 43.2 Å². The van der Waals surface area contributed by atoms with Crippen molar-refractivity contribution < 1.29 is 18.4 Å². The van der Waals surface area contributed by atoms with Crippen molar-refractivity contribution in [2.75, 3.05) is 26.2 Å². The Bertz CT molecular complexity index is 1190. The van der Waals surface area contributed by atoms with E-state index in [4.69, 9.17) is 13.6 Å². The Morgan fingerprint density at radius 1 is 1.09 bits per heavy atom. The first kappa shape index (κ1) is 23.3. The largest absolute Gasteiger partial charge is 0.466 e. The molecule has 1 aliphatic carbocycles. The van der Waals surface area contributed by atoms with E-state index in [-0.39, 0.29) is 17.3 Å². The molecule has 2 atom stereocenters. The van der Waals surface area contributed by atoms with Gasteiger partial charge in [-0.05, 0) is 63.2 Å². The summed E-state index contributed by atoms with van der Waals surface area (Å²) < 4.78 is 17.5. The first-order valence-electron chi connectivity index (χ1n) is 12.0. The highest BCUT2D eigenvalue weighted by molar-refractivity contribution is 5.94. The van der Waals surface area contributed by atoms with Crippen molar-refractivity contribution in [3.63, 3.8) is 0 Å². The Morgan fingerprint density at radius 2 is 1.88 bits per heavy atom. The number of aryl methyl sites for hydroxylation is 1. The van der Waals surface area contributed by atoms with Gasteiger partial charge in [0.25, 0.3) is 0 Å². The second-order valence-corrected chi connectivity index (χ2v) is 8.79. The summed E-state index contributed by atoms with van der Waals surface area (Å²) in [5, 5.41) is 0.437. The zero-order valence-corrected chi connectivity index (χ0v) is 20.0. The van der Waals surface area contributed by atoms with Crippen molar-refractivity contribution in [1.29, 1.82) is 0 Å². The highest BCUT2D eigenvalue weighted by Gasteiger charge is 2.45. The SMILES string of the molecule is CCCc1c(C2CC2c2ccc(C)o2)oc2ccc(C(=O)OCCN(CC)CC)cc2c1=O. The average Bonchev–Trinajstić information content (AvgIpc) is 3.50. The summed E-state index contributed by atoms with van der Waals surface area (Å²) in [5.74, 6) is 2.59. The summed E-state index contributed by atoms with van der Waals surface area (Å²) in [4.78, 5) is 28.2. The van der Waals surface area contributed by atoms with E-state index in [2.05, 4.69) is 25.7 Å². The molecule has 1 fully saturated rings. The number of hydrogen-bond donors (Lipinski definition) is 0. The van der Waals surface area contributed by atoms with E-state index >= 15 is 0 Å². The molecule has 33 heavy (non-hydrogen) atoms. The van der Waals surface area contributed by atoms with Crippen LogP contribution in [0.5, 0.6) is 0 Å². The summed E-state index contributed by atoms with van der Waals surface area (Å²) in [7, 11) is 0. The van der Waals surface area contributed by atoms with Crippen molar-refractivity contribution >= 4 is 16.9 Å². The zero-order chi connectivity index (χ0) is 23.5. The fraction of sp³-hybridized carbons (Fsp3) is 0.481. The minimum absolute atomic E-state index is 0.0489. The van der Waals surface area contributed by atoms with Gasteiger partial charge in [0.15, 0.2) is 5.43 Å². The van der Waals surface area contributed by atoms with Gasteiger partial charge in [0.1, 0.15) is 29.5 Å². The topological polar surface area (TPSA) is 72.9 Å². The van der Waals surface area contributed by atoms with Gasteiger partial charge in [-0.15, -0.1) is 0 Å². The Morgan fingerprint density at radius 3 is 2.55 bits per heavy atom. The molecule has 4 rings (SSSR count). The number of rotatable bonds is 10.